The summed E-state index contributed by atoms with van der Waals surface area (Å²) in [7, 11) is -10.9. The van der Waals surface area contributed by atoms with Gasteiger partial charge in [-0.2, -0.15) is 27.7 Å². The fraction of sp³-hybridized carbons (Fsp3) is 0.465. The Morgan fingerprint density at radius 1 is 0.360 bits per heavy atom. The highest BCUT2D eigenvalue weighted by atomic mass is 32.2. The first-order valence-corrected chi connectivity index (χ1v) is 45.9. The van der Waals surface area contributed by atoms with Crippen molar-refractivity contribution < 1.29 is 52.6 Å². The van der Waals surface area contributed by atoms with Crippen LogP contribution in [0.1, 0.15) is 160 Å². The van der Waals surface area contributed by atoms with Gasteiger partial charge in [0.15, 0.2) is 0 Å². The fourth-order valence-electron chi connectivity index (χ4n) is 16.0. The van der Waals surface area contributed by atoms with Crippen LogP contribution in [0, 0.1) is 5.92 Å². The van der Waals surface area contributed by atoms with Crippen LogP contribution >= 0.6 is 46.1 Å². The van der Waals surface area contributed by atoms with Crippen molar-refractivity contribution in [3.63, 3.8) is 0 Å². The maximum absolute atomic E-state index is 12.7. The van der Waals surface area contributed by atoms with E-state index in [1.807, 2.05) is 60.1 Å². The molecule has 4 N–H and O–H groups in total. The maximum atomic E-state index is 12.7. The summed E-state index contributed by atoms with van der Waals surface area (Å²) >= 11 is 3.99. The predicted octanol–water partition coefficient (Wildman–Crippen LogP) is 11.0. The minimum atomic E-state index is -3.75. The average molecular weight is 1670 g/mol. The number of hydrogen-bond donors (Lipinski definition) is 4. The zero-order chi connectivity index (χ0) is 76.9. The van der Waals surface area contributed by atoms with Gasteiger partial charge in [-0.15, -0.1) is 0 Å². The number of nitrogens with zero attached hydrogens (tertiary/aromatic N) is 16. The van der Waals surface area contributed by atoms with E-state index in [9.17, 15) is 33.7 Å². The fourth-order valence-corrected chi connectivity index (χ4v) is 22.7. The first-order chi connectivity index (χ1) is 53.7. The monoisotopic (exact) mass is 1670 g/mol. The van der Waals surface area contributed by atoms with E-state index < -0.39 is 40.1 Å². The summed E-state index contributed by atoms with van der Waals surface area (Å²) in [5.74, 6) is 3.37. The molecule has 18 rings (SSSR count). The van der Waals surface area contributed by atoms with Gasteiger partial charge >= 0.3 is 0 Å². The molecule has 14 heterocycles. The Balaban J connectivity index is 0.000000118. The van der Waals surface area contributed by atoms with E-state index in [1.54, 1.807) is 48.5 Å². The number of ether oxygens (including phenoxy) is 4. The topological polar surface area (TPSA) is 373 Å². The smallest absolute Gasteiger partial charge is 0.263 e. The Bertz CT molecular complexity index is 5100. The van der Waals surface area contributed by atoms with Crippen LogP contribution in [0.15, 0.2) is 142 Å². The molecule has 32 nitrogen and oxygen atoms in total. The van der Waals surface area contributed by atoms with Crippen molar-refractivity contribution in [1.82, 2.24) is 76.6 Å². The third-order valence-electron chi connectivity index (χ3n) is 21.4. The van der Waals surface area contributed by atoms with Gasteiger partial charge in [-0.05, 0) is 133 Å². The molecule has 4 fully saturated rings. The van der Waals surface area contributed by atoms with E-state index in [2.05, 4.69) is 105 Å². The van der Waals surface area contributed by atoms with Crippen LogP contribution in [0.5, 0.6) is 23.0 Å². The van der Waals surface area contributed by atoms with Crippen LogP contribution in [-0.4, -0.2) is 176 Å². The highest BCUT2D eigenvalue weighted by Crippen LogP contribution is 2.48. The quantitative estimate of drug-likeness (QED) is 0.0620. The van der Waals surface area contributed by atoms with Crippen LogP contribution in [0.4, 0.5) is 20.5 Å². The first-order valence-electron chi connectivity index (χ1n) is 36.9. The van der Waals surface area contributed by atoms with E-state index in [0.29, 0.717) is 73.6 Å². The molecular weight excluding hydrogens is 1580 g/mol. The van der Waals surface area contributed by atoms with Crippen molar-refractivity contribution in [2.75, 3.05) is 84.6 Å². The van der Waals surface area contributed by atoms with Crippen molar-refractivity contribution in [2.45, 2.75) is 146 Å². The lowest BCUT2D eigenvalue weighted by Crippen LogP contribution is -2.38. The number of piperidine rings is 2. The highest BCUT2D eigenvalue weighted by Gasteiger charge is 2.40. The number of hydrogen-bond acceptors (Lipinski definition) is 30. The number of aryl methyl sites for hydroxylation is 2. The minimum Gasteiger partial charge on any atom is -0.493 e. The van der Waals surface area contributed by atoms with Crippen molar-refractivity contribution in [1.29, 1.82) is 0 Å². The zero-order valence-corrected chi connectivity index (χ0v) is 67.7. The number of fused-ring (bicyclic) bond motifs is 4. The molecule has 6 atom stereocenters. The Morgan fingerprint density at radius 3 is 0.982 bits per heavy atom. The zero-order valence-electron chi connectivity index (χ0n) is 61.2. The molecule has 590 valence electrons. The van der Waals surface area contributed by atoms with Gasteiger partial charge in [-0.1, -0.05) is 37.6 Å². The van der Waals surface area contributed by atoms with E-state index in [0.717, 1.165) is 165 Å². The molecule has 8 aliphatic rings. The average Bonchev–Trinajstić information content (AvgIpc) is 1.73. The van der Waals surface area contributed by atoms with E-state index in [4.69, 9.17) is 18.9 Å². The molecule has 0 bridgehead atoms. The molecule has 0 radical (unpaired) electrons. The molecule has 0 saturated carbocycles. The van der Waals surface area contributed by atoms with Gasteiger partial charge < -0.3 is 18.9 Å². The summed E-state index contributed by atoms with van der Waals surface area (Å²) in [6.07, 6.45) is 23.2. The maximum Gasteiger partial charge on any atom is 0.263 e. The minimum absolute atomic E-state index is 0.154. The second-order valence-corrected chi connectivity index (χ2v) is 38.0. The van der Waals surface area contributed by atoms with E-state index in [-0.39, 0.29) is 52.2 Å². The van der Waals surface area contributed by atoms with Gasteiger partial charge in [0.25, 0.3) is 40.1 Å². The van der Waals surface area contributed by atoms with Crippen LogP contribution in [0.2, 0.25) is 0 Å². The molecule has 0 unspecified atom stereocenters. The summed E-state index contributed by atoms with van der Waals surface area (Å²) in [4.78, 5) is 26.2. The van der Waals surface area contributed by atoms with Crippen molar-refractivity contribution in [2.24, 2.45) is 20.0 Å². The Hall–Kier alpha value is -8.42. The van der Waals surface area contributed by atoms with Gasteiger partial charge in [-0.3, -0.25) is 47.9 Å². The van der Waals surface area contributed by atoms with Crippen molar-refractivity contribution in [3.8, 4) is 23.0 Å². The normalized spacial score (nSPS) is 21.8. The number of benzene rings is 4. The second-order valence-electron chi connectivity index (χ2n) is 28.2. The molecule has 8 aliphatic heterocycles. The highest BCUT2D eigenvalue weighted by molar-refractivity contribution is 7.93. The summed E-state index contributed by atoms with van der Waals surface area (Å²) in [6.45, 7) is 11.0. The molecule has 40 heteroatoms. The molecule has 4 aromatic carbocycles. The third-order valence-corrected chi connectivity index (χ3v) is 29.6. The summed E-state index contributed by atoms with van der Waals surface area (Å²) in [6, 6.07) is 26.3. The van der Waals surface area contributed by atoms with Gasteiger partial charge in [0.2, 0.25) is 20.5 Å². The molecule has 10 aromatic rings. The second kappa shape index (κ2) is 34.1. The first kappa shape index (κ1) is 77.9. The number of aromatic nitrogens is 12. The summed E-state index contributed by atoms with van der Waals surface area (Å²) < 4.78 is 153. The molecule has 0 aliphatic carbocycles. The predicted molar refractivity (Wildman–Crippen MR) is 419 cm³/mol. The molecule has 0 spiro atoms. The van der Waals surface area contributed by atoms with Crippen LogP contribution in [0.3, 0.4) is 0 Å². The Kier molecular flexibility index (Phi) is 23.9. The molecular formula is C71H86N20O12S8. The van der Waals surface area contributed by atoms with Gasteiger partial charge in [0.05, 0.1) is 69.5 Å². The van der Waals surface area contributed by atoms with Crippen molar-refractivity contribution in [3.05, 3.63) is 156 Å². The molecule has 4 saturated heterocycles. The summed E-state index contributed by atoms with van der Waals surface area (Å²) in [5.41, 5.74) is 6.65. The lowest BCUT2D eigenvalue weighted by atomic mass is 9.93. The van der Waals surface area contributed by atoms with Crippen LogP contribution < -0.4 is 37.8 Å². The Labute approximate surface area is 661 Å². The number of sulfonamides is 4. The van der Waals surface area contributed by atoms with Gasteiger partial charge in [0.1, 0.15) is 48.3 Å². The SMILES string of the molecule is CC1CCN([C@H]2CCOc3cc(S(=O)(=O)Nc4ncns4)ccc32)CC1.Cn1nccc1[C@@H]1CCCN1[C@H]1CCOc2cc(S(=O)(=O)Nc3ncns3)ccc21.Cn1nccc1[C@H]1CCCN1[C@H]1CCOc2cc(S(=O)(=O)Nc3ncns3)ccc21.O=S(=O)(Nc1ncns1)c1ccc2c(c1)OCC[C@@H]2N1CCCCC1. The molecule has 0 amide bonds. The molecule has 111 heavy (non-hydrogen) atoms. The standard InChI is InChI=1S/2C19H22N6O3S2.C17H22N4O3S2.C16H20N4O3S2/c2*1-24-16(6-8-21-24)17-3-2-9-25(17)15-7-10-28-18-11-13(4-5-14(15)18)30(26,27)23-19-20-12-22-29-19;1-12-4-7-21(8-5-12)15-6-9-24-16-10-13(2-3-14(15)16)26(22,23)20-17-18-11-19-25-17;21-25(22,19-16-17-11-18-24-16)12-4-5-13-14(6-9-23-15(13)10-12)20-7-2-1-3-8-20/h2*4-6,8,11-12,15,17H,2-3,7,9-10H2,1H3,(H,20,22,23);2-3,10-12,15H,4-9H2,1H3,(H,18,19,20);4-5,10-11,14H,1-3,6-9H2,(H,17,18,19)/t15-,17+;15-,17-;15-;14-/m0000/s1. The summed E-state index contributed by atoms with van der Waals surface area (Å²) in [5, 5.41) is 9.66. The lowest BCUT2D eigenvalue weighted by molar-refractivity contribution is 0.103. The van der Waals surface area contributed by atoms with Crippen LogP contribution in [-0.2, 0) is 54.2 Å². The van der Waals surface area contributed by atoms with Gasteiger partial charge in [-0.25, -0.2) is 53.6 Å². The largest absolute Gasteiger partial charge is 0.493 e. The van der Waals surface area contributed by atoms with Crippen molar-refractivity contribution >= 4 is 107 Å². The Morgan fingerprint density at radius 2 is 0.676 bits per heavy atom. The lowest BCUT2D eigenvalue weighted by Gasteiger charge is -2.39. The number of anilines is 4. The third kappa shape index (κ3) is 17.8. The van der Waals surface area contributed by atoms with E-state index >= 15 is 0 Å². The molecule has 6 aromatic heterocycles. The van der Waals surface area contributed by atoms with Crippen LogP contribution in [0.25, 0.3) is 0 Å². The number of likely N-dealkylation sites (tertiary alicyclic amines) is 4. The number of nitrogens with one attached hydrogen (secondary N) is 4. The number of rotatable bonds is 18. The van der Waals surface area contributed by atoms with Gasteiger partial charge in [0, 0.05) is 169 Å². The van der Waals surface area contributed by atoms with E-state index in [1.165, 1.54) is 68.8 Å².